The maximum Gasteiger partial charge on any atom is 0.274 e. The van der Waals surface area contributed by atoms with Crippen molar-refractivity contribution < 1.29 is 9.53 Å². The molecule has 0 unspecified atom stereocenters. The Morgan fingerprint density at radius 1 is 1.39 bits per heavy atom. The van der Waals surface area contributed by atoms with Gasteiger partial charge in [0.15, 0.2) is 5.65 Å². The molecule has 0 saturated carbocycles. The number of aromatic nitrogens is 4. The van der Waals surface area contributed by atoms with Crippen molar-refractivity contribution in [1.29, 1.82) is 0 Å². The zero-order valence-corrected chi connectivity index (χ0v) is 17.9. The third kappa shape index (κ3) is 4.11. The van der Waals surface area contributed by atoms with Gasteiger partial charge in [-0.2, -0.15) is 9.61 Å². The lowest BCUT2D eigenvalue weighted by Gasteiger charge is -2.28. The normalized spacial score (nSPS) is 14.8. The van der Waals surface area contributed by atoms with Gasteiger partial charge in [0.05, 0.1) is 25.5 Å². The Morgan fingerprint density at radius 2 is 2.19 bits per heavy atom. The molecule has 1 saturated heterocycles. The quantitative estimate of drug-likeness (QED) is 0.507. The molecule has 1 fully saturated rings. The molecule has 0 spiro atoms. The van der Waals surface area contributed by atoms with E-state index in [4.69, 9.17) is 4.74 Å². The standard InChI is InChI=1S/C21H27N7O3/c1-4-6-13(2)24-20(29)15-10-23-28-18(22-3)9-17(26-19(15)28)25-16-7-5-8-27(21(16)30)14-11-31-12-14/h5,7-10,13-14,22H,4,6,11-12H2,1-3H3,(H,24,29)(H,25,26)/t13-/m1/s1. The number of hydrogen-bond donors (Lipinski definition) is 3. The number of carbonyl (C=O) groups excluding carboxylic acids is 1. The number of hydrogen-bond acceptors (Lipinski definition) is 7. The number of fused-ring (bicyclic) bond motifs is 1. The molecule has 0 aliphatic carbocycles. The van der Waals surface area contributed by atoms with Crippen LogP contribution in [0.15, 0.2) is 35.4 Å². The summed E-state index contributed by atoms with van der Waals surface area (Å²) in [7, 11) is 1.76. The van der Waals surface area contributed by atoms with Crippen LogP contribution in [0.3, 0.4) is 0 Å². The number of nitrogens with zero attached hydrogens (tertiary/aromatic N) is 4. The summed E-state index contributed by atoms with van der Waals surface area (Å²) < 4.78 is 8.43. The zero-order valence-electron chi connectivity index (χ0n) is 17.9. The van der Waals surface area contributed by atoms with Crippen LogP contribution in [0.4, 0.5) is 17.3 Å². The minimum atomic E-state index is -0.227. The number of amides is 1. The second-order valence-corrected chi connectivity index (χ2v) is 7.68. The van der Waals surface area contributed by atoms with Crippen LogP contribution in [-0.4, -0.2) is 51.4 Å². The topological polar surface area (TPSA) is 115 Å². The molecule has 1 atom stereocenters. The molecule has 4 heterocycles. The van der Waals surface area contributed by atoms with Crippen LogP contribution in [0.5, 0.6) is 0 Å². The molecule has 164 valence electrons. The molecule has 0 bridgehead atoms. The van der Waals surface area contributed by atoms with Crippen molar-refractivity contribution in [1.82, 2.24) is 24.5 Å². The van der Waals surface area contributed by atoms with E-state index in [1.54, 1.807) is 34.5 Å². The van der Waals surface area contributed by atoms with Crippen molar-refractivity contribution in [3.05, 3.63) is 46.5 Å². The molecule has 3 N–H and O–H groups in total. The van der Waals surface area contributed by atoms with Crippen molar-refractivity contribution in [2.45, 2.75) is 38.8 Å². The molecule has 1 aliphatic rings. The average molecular weight is 425 g/mol. The molecule has 4 rings (SSSR count). The molecule has 10 heteroatoms. The Hall–Kier alpha value is -3.40. The predicted molar refractivity (Wildman–Crippen MR) is 118 cm³/mol. The summed E-state index contributed by atoms with van der Waals surface area (Å²) >= 11 is 0. The smallest absolute Gasteiger partial charge is 0.274 e. The highest BCUT2D eigenvalue weighted by molar-refractivity contribution is 6.00. The molecule has 0 radical (unpaired) electrons. The minimum Gasteiger partial charge on any atom is -0.377 e. The molecule has 10 nitrogen and oxygen atoms in total. The average Bonchev–Trinajstić information content (AvgIpc) is 3.13. The van der Waals surface area contributed by atoms with Gasteiger partial charge in [-0.3, -0.25) is 9.59 Å². The van der Waals surface area contributed by atoms with Gasteiger partial charge < -0.3 is 25.3 Å². The second kappa shape index (κ2) is 8.76. The molecule has 1 amide bonds. The van der Waals surface area contributed by atoms with Crippen LogP contribution >= 0.6 is 0 Å². The summed E-state index contributed by atoms with van der Waals surface area (Å²) in [6.07, 6.45) is 5.13. The van der Waals surface area contributed by atoms with Gasteiger partial charge in [0.1, 0.15) is 22.9 Å². The fourth-order valence-corrected chi connectivity index (χ4v) is 3.59. The summed E-state index contributed by atoms with van der Waals surface area (Å²) in [5.41, 5.74) is 1.03. The fourth-order valence-electron chi connectivity index (χ4n) is 3.59. The SMILES string of the molecule is CCC[C@@H](C)NC(=O)c1cnn2c(NC)cc(Nc3cccn(C4COC4)c3=O)nc12. The Labute approximate surface area is 179 Å². The number of carbonyl (C=O) groups is 1. The van der Waals surface area contributed by atoms with E-state index in [9.17, 15) is 9.59 Å². The molecular formula is C21H27N7O3. The number of nitrogens with one attached hydrogen (secondary N) is 3. The van der Waals surface area contributed by atoms with Crippen molar-refractivity contribution >= 4 is 28.9 Å². The van der Waals surface area contributed by atoms with Gasteiger partial charge >= 0.3 is 0 Å². The number of pyridine rings is 1. The summed E-state index contributed by atoms with van der Waals surface area (Å²) in [4.78, 5) is 30.2. The van der Waals surface area contributed by atoms with Crippen LogP contribution in [-0.2, 0) is 4.74 Å². The van der Waals surface area contributed by atoms with Crippen LogP contribution in [0, 0.1) is 0 Å². The van der Waals surface area contributed by atoms with Crippen molar-refractivity contribution in [2.75, 3.05) is 30.9 Å². The first-order valence-corrected chi connectivity index (χ1v) is 10.4. The van der Waals surface area contributed by atoms with E-state index in [0.717, 1.165) is 12.8 Å². The molecular weight excluding hydrogens is 398 g/mol. The third-order valence-electron chi connectivity index (χ3n) is 5.32. The molecule has 1 aliphatic heterocycles. The number of ether oxygens (including phenoxy) is 1. The van der Waals surface area contributed by atoms with Gasteiger partial charge in [-0.15, -0.1) is 0 Å². The van der Waals surface area contributed by atoms with E-state index in [0.29, 0.717) is 41.7 Å². The maximum absolute atomic E-state index is 12.9. The monoisotopic (exact) mass is 425 g/mol. The molecule has 0 aromatic carbocycles. The van der Waals surface area contributed by atoms with E-state index in [2.05, 4.69) is 33.0 Å². The summed E-state index contributed by atoms with van der Waals surface area (Å²) in [6, 6.07) is 5.36. The minimum absolute atomic E-state index is 0.0489. The van der Waals surface area contributed by atoms with Crippen molar-refractivity contribution in [2.24, 2.45) is 0 Å². The first-order chi connectivity index (χ1) is 15.0. The lowest BCUT2D eigenvalue weighted by molar-refractivity contribution is -0.0247. The first-order valence-electron chi connectivity index (χ1n) is 10.4. The Balaban J connectivity index is 1.68. The van der Waals surface area contributed by atoms with Crippen LogP contribution in [0.25, 0.3) is 5.65 Å². The molecule has 31 heavy (non-hydrogen) atoms. The van der Waals surface area contributed by atoms with Gasteiger partial charge in [0.2, 0.25) is 0 Å². The lowest BCUT2D eigenvalue weighted by Crippen LogP contribution is -2.37. The van der Waals surface area contributed by atoms with Crippen molar-refractivity contribution in [3.8, 4) is 0 Å². The van der Waals surface area contributed by atoms with E-state index in [1.165, 1.54) is 6.20 Å². The van der Waals surface area contributed by atoms with Crippen molar-refractivity contribution in [3.63, 3.8) is 0 Å². The Morgan fingerprint density at radius 3 is 2.87 bits per heavy atom. The van der Waals surface area contributed by atoms with Gasteiger partial charge in [0, 0.05) is 25.4 Å². The Bertz CT molecular complexity index is 1150. The summed E-state index contributed by atoms with van der Waals surface area (Å²) in [5.74, 6) is 0.847. The number of rotatable bonds is 8. The third-order valence-corrected chi connectivity index (χ3v) is 5.32. The van der Waals surface area contributed by atoms with Gasteiger partial charge in [-0.1, -0.05) is 13.3 Å². The second-order valence-electron chi connectivity index (χ2n) is 7.68. The summed E-state index contributed by atoms with van der Waals surface area (Å²) in [6.45, 7) is 5.11. The highest BCUT2D eigenvalue weighted by Crippen LogP contribution is 2.22. The Kier molecular flexibility index (Phi) is 5.90. The molecule has 3 aromatic rings. The zero-order chi connectivity index (χ0) is 22.0. The fraction of sp³-hybridized carbons (Fsp3) is 0.429. The first kappa shape index (κ1) is 20.9. The largest absolute Gasteiger partial charge is 0.377 e. The van der Waals surface area contributed by atoms with Gasteiger partial charge in [-0.25, -0.2) is 4.98 Å². The van der Waals surface area contributed by atoms with E-state index >= 15 is 0 Å². The highest BCUT2D eigenvalue weighted by Gasteiger charge is 2.22. The van der Waals surface area contributed by atoms with E-state index < -0.39 is 0 Å². The van der Waals surface area contributed by atoms with E-state index in [1.807, 2.05) is 13.0 Å². The highest BCUT2D eigenvalue weighted by atomic mass is 16.5. The number of anilines is 3. The van der Waals surface area contributed by atoms with Gasteiger partial charge in [-0.05, 0) is 25.5 Å². The molecule has 3 aromatic heterocycles. The van der Waals surface area contributed by atoms with Crippen LogP contribution in [0.1, 0.15) is 43.1 Å². The lowest BCUT2D eigenvalue weighted by atomic mass is 10.2. The van der Waals surface area contributed by atoms with Crippen LogP contribution in [0.2, 0.25) is 0 Å². The maximum atomic E-state index is 12.9. The predicted octanol–water partition coefficient (Wildman–Crippen LogP) is 2.17. The van der Waals surface area contributed by atoms with Gasteiger partial charge in [0.25, 0.3) is 11.5 Å². The van der Waals surface area contributed by atoms with Crippen LogP contribution < -0.4 is 21.5 Å². The van der Waals surface area contributed by atoms with E-state index in [-0.39, 0.29) is 23.6 Å². The summed E-state index contributed by atoms with van der Waals surface area (Å²) in [5, 5.41) is 13.5.